The average Bonchev–Trinajstić information content (AvgIpc) is 2.38. The third-order valence-electron chi connectivity index (χ3n) is 3.73. The number of nitrogens with one attached hydrogen (secondary N) is 1. The second kappa shape index (κ2) is 10.8. The van der Waals surface area contributed by atoms with Crippen molar-refractivity contribution >= 4 is 0 Å². The van der Waals surface area contributed by atoms with Crippen molar-refractivity contribution in [1.29, 1.82) is 0 Å². The van der Waals surface area contributed by atoms with Crippen LogP contribution in [0.4, 0.5) is 0 Å². The number of allylic oxidation sites excluding steroid dienone is 1. The van der Waals surface area contributed by atoms with Gasteiger partial charge in [-0.25, -0.2) is 0 Å². The Kier molecular flexibility index (Phi) is 9.40. The number of unbranched alkanes of at least 4 members (excludes halogenated alkanes) is 7. The van der Waals surface area contributed by atoms with Crippen molar-refractivity contribution < 1.29 is 0 Å². The predicted octanol–water partition coefficient (Wildman–Crippen LogP) is 4.83. The molecule has 0 fully saturated rings. The molecule has 0 radical (unpaired) electrons. The molecule has 0 heterocycles. The van der Waals surface area contributed by atoms with Crippen LogP contribution < -0.4 is 5.32 Å². The van der Waals surface area contributed by atoms with E-state index in [1.54, 1.807) is 0 Å². The summed E-state index contributed by atoms with van der Waals surface area (Å²) >= 11 is 0. The molecule has 0 saturated heterocycles. The lowest BCUT2D eigenvalue weighted by molar-refractivity contribution is 0.459. The number of rotatable bonds is 10. The van der Waals surface area contributed by atoms with Gasteiger partial charge in [-0.1, -0.05) is 64.0 Å². The molecule has 1 rings (SSSR count). The van der Waals surface area contributed by atoms with Gasteiger partial charge in [0.25, 0.3) is 0 Å². The van der Waals surface area contributed by atoms with Crippen molar-refractivity contribution in [2.45, 2.75) is 83.6 Å². The van der Waals surface area contributed by atoms with E-state index in [4.69, 9.17) is 0 Å². The SMILES string of the molecule is CCCCCCCCCCNC1CC=CCC1. The molecule has 100 valence electrons. The maximum absolute atomic E-state index is 3.68. The number of hydrogen-bond donors (Lipinski definition) is 1. The molecule has 1 unspecified atom stereocenters. The zero-order valence-electron chi connectivity index (χ0n) is 11.7. The Balaban J connectivity index is 1.76. The second-order valence-corrected chi connectivity index (χ2v) is 5.41. The fraction of sp³-hybridized carbons (Fsp3) is 0.875. The molecule has 1 heteroatoms. The Bertz CT molecular complexity index is 186. The van der Waals surface area contributed by atoms with Gasteiger partial charge in [0.2, 0.25) is 0 Å². The Morgan fingerprint density at radius 2 is 1.65 bits per heavy atom. The van der Waals surface area contributed by atoms with Crippen molar-refractivity contribution in [2.75, 3.05) is 6.54 Å². The molecule has 1 nitrogen and oxygen atoms in total. The van der Waals surface area contributed by atoms with Gasteiger partial charge in [-0.3, -0.25) is 0 Å². The Morgan fingerprint density at radius 3 is 2.29 bits per heavy atom. The fourth-order valence-corrected chi connectivity index (χ4v) is 2.54. The van der Waals surface area contributed by atoms with E-state index in [0.29, 0.717) is 0 Å². The topological polar surface area (TPSA) is 12.0 Å². The highest BCUT2D eigenvalue weighted by Gasteiger charge is 2.07. The van der Waals surface area contributed by atoms with Crippen LogP contribution in [0.15, 0.2) is 12.2 Å². The molecule has 0 saturated carbocycles. The molecule has 1 aliphatic carbocycles. The van der Waals surface area contributed by atoms with Crippen molar-refractivity contribution in [1.82, 2.24) is 5.32 Å². The summed E-state index contributed by atoms with van der Waals surface area (Å²) in [6.07, 6.45) is 19.9. The van der Waals surface area contributed by atoms with Gasteiger partial charge in [0.05, 0.1) is 0 Å². The van der Waals surface area contributed by atoms with Crippen LogP contribution in [0.3, 0.4) is 0 Å². The first-order chi connectivity index (χ1) is 8.43. The van der Waals surface area contributed by atoms with Gasteiger partial charge in [0.1, 0.15) is 0 Å². The summed E-state index contributed by atoms with van der Waals surface area (Å²) in [6.45, 7) is 3.51. The molecule has 1 atom stereocenters. The summed E-state index contributed by atoms with van der Waals surface area (Å²) in [6, 6.07) is 0.768. The second-order valence-electron chi connectivity index (χ2n) is 5.41. The number of hydrogen-bond acceptors (Lipinski definition) is 1. The van der Waals surface area contributed by atoms with E-state index >= 15 is 0 Å². The van der Waals surface area contributed by atoms with Gasteiger partial charge in [-0.05, 0) is 32.2 Å². The van der Waals surface area contributed by atoms with Gasteiger partial charge >= 0.3 is 0 Å². The van der Waals surface area contributed by atoms with Gasteiger partial charge in [-0.2, -0.15) is 0 Å². The third-order valence-corrected chi connectivity index (χ3v) is 3.73. The standard InChI is InChI=1S/C16H31N/c1-2-3-4-5-6-7-8-12-15-17-16-13-10-9-11-14-16/h9-10,16-17H,2-8,11-15H2,1H3. The maximum atomic E-state index is 3.68. The first-order valence-corrected chi connectivity index (χ1v) is 7.82. The van der Waals surface area contributed by atoms with Gasteiger partial charge in [0.15, 0.2) is 0 Å². The minimum atomic E-state index is 0.768. The highest BCUT2D eigenvalue weighted by atomic mass is 14.9. The molecule has 0 bridgehead atoms. The van der Waals surface area contributed by atoms with E-state index in [1.165, 1.54) is 77.2 Å². The third kappa shape index (κ3) is 8.43. The lowest BCUT2D eigenvalue weighted by Crippen LogP contribution is -2.30. The Hall–Kier alpha value is -0.300. The monoisotopic (exact) mass is 237 g/mol. The van der Waals surface area contributed by atoms with E-state index in [0.717, 1.165) is 6.04 Å². The molecule has 0 aromatic rings. The highest BCUT2D eigenvalue weighted by molar-refractivity contribution is 4.92. The molecular formula is C16H31N. The van der Waals surface area contributed by atoms with Crippen molar-refractivity contribution in [2.24, 2.45) is 0 Å². The van der Waals surface area contributed by atoms with Crippen LogP contribution >= 0.6 is 0 Å². The van der Waals surface area contributed by atoms with Crippen LogP contribution in [0.25, 0.3) is 0 Å². The van der Waals surface area contributed by atoms with Crippen molar-refractivity contribution in [3.63, 3.8) is 0 Å². The molecule has 0 aromatic carbocycles. The van der Waals surface area contributed by atoms with Crippen LogP contribution in [0, 0.1) is 0 Å². The van der Waals surface area contributed by atoms with Gasteiger partial charge < -0.3 is 5.32 Å². The zero-order chi connectivity index (χ0) is 12.2. The summed E-state index contributed by atoms with van der Waals surface area (Å²) in [5.41, 5.74) is 0. The molecule has 0 aliphatic heterocycles. The Labute approximate surface area is 108 Å². The molecule has 0 amide bonds. The lowest BCUT2D eigenvalue weighted by Gasteiger charge is -2.19. The van der Waals surface area contributed by atoms with Crippen LogP contribution in [0.1, 0.15) is 77.6 Å². The predicted molar refractivity (Wildman–Crippen MR) is 77.4 cm³/mol. The largest absolute Gasteiger partial charge is 0.314 e. The highest BCUT2D eigenvalue weighted by Crippen LogP contribution is 2.11. The quantitative estimate of drug-likeness (QED) is 0.424. The van der Waals surface area contributed by atoms with Crippen LogP contribution in [-0.2, 0) is 0 Å². The van der Waals surface area contributed by atoms with Crippen LogP contribution in [0.5, 0.6) is 0 Å². The lowest BCUT2D eigenvalue weighted by atomic mass is 10.0. The smallest absolute Gasteiger partial charge is 0.0104 e. The van der Waals surface area contributed by atoms with Crippen LogP contribution in [0.2, 0.25) is 0 Å². The minimum absolute atomic E-state index is 0.768. The van der Waals surface area contributed by atoms with Crippen molar-refractivity contribution in [3.8, 4) is 0 Å². The maximum Gasteiger partial charge on any atom is 0.0104 e. The summed E-state index contributed by atoms with van der Waals surface area (Å²) in [7, 11) is 0. The summed E-state index contributed by atoms with van der Waals surface area (Å²) in [5, 5.41) is 3.68. The summed E-state index contributed by atoms with van der Waals surface area (Å²) < 4.78 is 0. The van der Waals surface area contributed by atoms with Gasteiger partial charge in [-0.15, -0.1) is 0 Å². The van der Waals surface area contributed by atoms with E-state index in [-0.39, 0.29) is 0 Å². The van der Waals surface area contributed by atoms with E-state index < -0.39 is 0 Å². The zero-order valence-corrected chi connectivity index (χ0v) is 11.7. The molecule has 17 heavy (non-hydrogen) atoms. The summed E-state index contributed by atoms with van der Waals surface area (Å²) in [5.74, 6) is 0. The van der Waals surface area contributed by atoms with E-state index in [1.807, 2.05) is 0 Å². The molecular weight excluding hydrogens is 206 g/mol. The van der Waals surface area contributed by atoms with Gasteiger partial charge in [0, 0.05) is 6.04 Å². The first-order valence-electron chi connectivity index (χ1n) is 7.82. The normalized spacial score (nSPS) is 19.7. The van der Waals surface area contributed by atoms with E-state index in [2.05, 4.69) is 24.4 Å². The molecule has 0 spiro atoms. The first kappa shape index (κ1) is 14.8. The van der Waals surface area contributed by atoms with Crippen LogP contribution in [-0.4, -0.2) is 12.6 Å². The minimum Gasteiger partial charge on any atom is -0.314 e. The fourth-order valence-electron chi connectivity index (χ4n) is 2.54. The van der Waals surface area contributed by atoms with E-state index in [9.17, 15) is 0 Å². The summed E-state index contributed by atoms with van der Waals surface area (Å²) in [4.78, 5) is 0. The molecule has 0 aromatic heterocycles. The molecule has 1 aliphatic rings. The molecule has 1 N–H and O–H groups in total. The van der Waals surface area contributed by atoms with Crippen molar-refractivity contribution in [3.05, 3.63) is 12.2 Å². The Morgan fingerprint density at radius 1 is 0.941 bits per heavy atom. The average molecular weight is 237 g/mol.